The molecule has 1 amide bonds. The number of anilines is 1. The molecule has 0 radical (unpaired) electrons. The second-order valence-corrected chi connectivity index (χ2v) is 10.0. The molecule has 1 aliphatic rings. The number of nitrogens with zero attached hydrogens (tertiary/aromatic N) is 4. The molecule has 10 nitrogen and oxygen atoms in total. The van der Waals surface area contributed by atoms with Gasteiger partial charge >= 0.3 is 6.18 Å². The van der Waals surface area contributed by atoms with Crippen molar-refractivity contribution in [2.45, 2.75) is 23.9 Å². The Hall–Kier alpha value is -3.40. The van der Waals surface area contributed by atoms with E-state index < -0.39 is 75.9 Å². The number of guanidine groups is 1. The van der Waals surface area contributed by atoms with Gasteiger partial charge in [0, 0.05) is 18.3 Å². The standard InChI is InChI=1S/C20H21F5N6O4S/c1-11-19(10-35-6-5-21,30-18(26)31(2)36(11,33)34)13-7-12(3-4-14(13)22)29-17(32)15-8-28-16(9-27-15)20(23,24)25/h3-4,7-9,11H,5-6,10H2,1-2H3,(H2,26,30)(H,29,32)/t11-,19+/m1/s1. The Balaban J connectivity index is 2.02. The van der Waals surface area contributed by atoms with E-state index in [0.717, 1.165) is 29.6 Å². The van der Waals surface area contributed by atoms with Crippen molar-refractivity contribution in [1.29, 1.82) is 0 Å². The lowest BCUT2D eigenvalue weighted by molar-refractivity contribution is -0.141. The van der Waals surface area contributed by atoms with Gasteiger partial charge in [-0.3, -0.25) is 4.79 Å². The summed E-state index contributed by atoms with van der Waals surface area (Å²) in [4.78, 5) is 23.3. The van der Waals surface area contributed by atoms with Crippen LogP contribution in [0.25, 0.3) is 0 Å². The van der Waals surface area contributed by atoms with E-state index in [-0.39, 0.29) is 11.3 Å². The summed E-state index contributed by atoms with van der Waals surface area (Å²) < 4.78 is 97.7. The molecule has 0 fully saturated rings. The molecular weight excluding hydrogens is 515 g/mol. The SMILES string of the molecule is C[C@@H]1[C@@](COCCF)(c2cc(NC(=O)c3cnc(C(F)(F)F)cn3)ccc2F)N=C(N)N(C)S1(=O)=O. The maximum absolute atomic E-state index is 15.1. The molecule has 0 aliphatic carbocycles. The number of benzene rings is 1. The maximum atomic E-state index is 15.1. The third kappa shape index (κ3) is 5.09. The zero-order valence-corrected chi connectivity index (χ0v) is 19.7. The van der Waals surface area contributed by atoms with Gasteiger partial charge in [0.15, 0.2) is 5.69 Å². The van der Waals surface area contributed by atoms with E-state index in [1.165, 1.54) is 6.92 Å². The third-order valence-corrected chi connectivity index (χ3v) is 7.78. The molecule has 16 heteroatoms. The summed E-state index contributed by atoms with van der Waals surface area (Å²) in [5.41, 5.74) is 1.68. The van der Waals surface area contributed by atoms with E-state index in [9.17, 15) is 30.8 Å². The first-order chi connectivity index (χ1) is 16.7. The highest BCUT2D eigenvalue weighted by Gasteiger charge is 2.52. The lowest BCUT2D eigenvalue weighted by atomic mass is 9.87. The Morgan fingerprint density at radius 2 is 1.97 bits per heavy atom. The van der Waals surface area contributed by atoms with Gasteiger partial charge in [0.25, 0.3) is 5.91 Å². The van der Waals surface area contributed by atoms with E-state index in [2.05, 4.69) is 20.3 Å². The summed E-state index contributed by atoms with van der Waals surface area (Å²) >= 11 is 0. The van der Waals surface area contributed by atoms with Crippen molar-refractivity contribution in [3.63, 3.8) is 0 Å². The fourth-order valence-corrected chi connectivity index (χ4v) is 5.01. The lowest BCUT2D eigenvalue weighted by Crippen LogP contribution is -2.58. The van der Waals surface area contributed by atoms with Crippen LogP contribution in [0.15, 0.2) is 35.6 Å². The minimum Gasteiger partial charge on any atom is -0.376 e. The van der Waals surface area contributed by atoms with Crippen molar-refractivity contribution in [1.82, 2.24) is 14.3 Å². The number of aromatic nitrogens is 2. The van der Waals surface area contributed by atoms with Crippen LogP contribution < -0.4 is 11.1 Å². The molecule has 1 aromatic heterocycles. The van der Waals surface area contributed by atoms with E-state index in [1.807, 2.05) is 0 Å². The molecule has 0 unspecified atom stereocenters. The Bertz CT molecular complexity index is 1270. The van der Waals surface area contributed by atoms with E-state index in [4.69, 9.17) is 10.5 Å². The zero-order chi connectivity index (χ0) is 26.9. The lowest BCUT2D eigenvalue weighted by Gasteiger charge is -2.41. The average Bonchev–Trinajstić information content (AvgIpc) is 2.82. The number of halogens is 5. The molecule has 0 saturated carbocycles. The Morgan fingerprint density at radius 1 is 1.28 bits per heavy atom. The minimum atomic E-state index is -4.75. The highest BCUT2D eigenvalue weighted by molar-refractivity contribution is 7.90. The fraction of sp³-hybridized carbons (Fsp3) is 0.400. The number of ether oxygens (including phenoxy) is 1. The molecule has 0 spiro atoms. The molecule has 0 bridgehead atoms. The number of carbonyl (C=O) groups excluding carboxylic acids is 1. The first-order valence-corrected chi connectivity index (χ1v) is 11.7. The molecule has 2 heterocycles. The first kappa shape index (κ1) is 27.2. The van der Waals surface area contributed by atoms with Crippen LogP contribution in [0.5, 0.6) is 0 Å². The number of amides is 1. The van der Waals surface area contributed by atoms with Gasteiger partial charge in [-0.1, -0.05) is 0 Å². The summed E-state index contributed by atoms with van der Waals surface area (Å²) in [7, 11) is -2.99. The van der Waals surface area contributed by atoms with Gasteiger partial charge in [0.1, 0.15) is 29.0 Å². The number of aliphatic imine (C=N–C) groups is 1. The normalized spacial score (nSPS) is 21.7. The monoisotopic (exact) mass is 536 g/mol. The van der Waals surface area contributed by atoms with Crippen LogP contribution in [0.4, 0.5) is 27.6 Å². The van der Waals surface area contributed by atoms with Gasteiger partial charge < -0.3 is 15.8 Å². The van der Waals surface area contributed by atoms with Crippen molar-refractivity contribution in [2.75, 3.05) is 32.3 Å². The predicted molar refractivity (Wildman–Crippen MR) is 118 cm³/mol. The highest BCUT2D eigenvalue weighted by atomic mass is 32.2. The summed E-state index contributed by atoms with van der Waals surface area (Å²) in [6, 6.07) is 3.13. The van der Waals surface area contributed by atoms with Crippen LogP contribution in [0, 0.1) is 5.82 Å². The average molecular weight is 536 g/mol. The molecule has 196 valence electrons. The number of alkyl halides is 4. The molecule has 1 aliphatic heterocycles. The summed E-state index contributed by atoms with van der Waals surface area (Å²) in [6.07, 6.45) is -3.75. The van der Waals surface area contributed by atoms with Crippen molar-refractivity contribution in [3.8, 4) is 0 Å². The number of hydrogen-bond donors (Lipinski definition) is 2. The molecule has 2 aromatic rings. The molecule has 1 aromatic carbocycles. The number of sulfonamides is 1. The van der Waals surface area contributed by atoms with E-state index in [1.54, 1.807) is 0 Å². The van der Waals surface area contributed by atoms with Gasteiger partial charge in [-0.15, -0.1) is 0 Å². The maximum Gasteiger partial charge on any atom is 0.434 e. The second kappa shape index (κ2) is 9.93. The Labute approximate surface area is 202 Å². The number of nitrogens with one attached hydrogen (secondary N) is 1. The van der Waals surface area contributed by atoms with Gasteiger partial charge in [0.05, 0.1) is 25.6 Å². The number of carbonyl (C=O) groups is 1. The third-order valence-electron chi connectivity index (χ3n) is 5.55. The van der Waals surface area contributed by atoms with Crippen LogP contribution in [0.3, 0.4) is 0 Å². The Kier molecular flexibility index (Phi) is 7.50. The topological polar surface area (TPSA) is 140 Å². The molecule has 36 heavy (non-hydrogen) atoms. The highest BCUT2D eigenvalue weighted by Crippen LogP contribution is 2.40. The number of hydrogen-bond acceptors (Lipinski definition) is 8. The summed E-state index contributed by atoms with van der Waals surface area (Å²) in [5.74, 6) is -2.36. The first-order valence-electron chi connectivity index (χ1n) is 10.2. The minimum absolute atomic E-state index is 0.0692. The molecule has 3 rings (SSSR count). The summed E-state index contributed by atoms with van der Waals surface area (Å²) in [6.45, 7) is -0.638. The van der Waals surface area contributed by atoms with Crippen LogP contribution in [-0.4, -0.2) is 66.7 Å². The Morgan fingerprint density at radius 3 is 2.56 bits per heavy atom. The van der Waals surface area contributed by atoms with Crippen molar-refractivity contribution in [2.24, 2.45) is 10.7 Å². The molecule has 0 saturated heterocycles. The van der Waals surface area contributed by atoms with E-state index >= 15 is 4.39 Å². The van der Waals surface area contributed by atoms with Crippen molar-refractivity contribution in [3.05, 3.63) is 53.4 Å². The largest absolute Gasteiger partial charge is 0.434 e. The van der Waals surface area contributed by atoms with Crippen molar-refractivity contribution < 1.29 is 39.9 Å². The van der Waals surface area contributed by atoms with Gasteiger partial charge in [-0.2, -0.15) is 13.2 Å². The number of nitrogens with two attached hydrogens (primary N) is 1. The zero-order valence-electron chi connectivity index (χ0n) is 18.9. The fourth-order valence-electron chi connectivity index (χ4n) is 3.49. The van der Waals surface area contributed by atoms with Crippen LogP contribution >= 0.6 is 0 Å². The smallest absolute Gasteiger partial charge is 0.376 e. The molecule has 3 N–H and O–H groups in total. The van der Waals surface area contributed by atoms with E-state index in [0.29, 0.717) is 12.4 Å². The van der Waals surface area contributed by atoms with Gasteiger partial charge in [0.2, 0.25) is 16.0 Å². The second-order valence-electron chi connectivity index (χ2n) is 7.72. The van der Waals surface area contributed by atoms with Gasteiger partial charge in [-0.05, 0) is 25.1 Å². The number of rotatable bonds is 7. The quantitative estimate of drug-likeness (QED) is 0.408. The van der Waals surface area contributed by atoms with Crippen LogP contribution in [0.1, 0.15) is 28.7 Å². The van der Waals surface area contributed by atoms with Crippen LogP contribution in [-0.2, 0) is 26.5 Å². The van der Waals surface area contributed by atoms with Crippen molar-refractivity contribution >= 4 is 27.6 Å². The molecular formula is C20H21F5N6O4S. The molecule has 2 atom stereocenters. The summed E-state index contributed by atoms with van der Waals surface area (Å²) in [5, 5.41) is 0.906. The predicted octanol–water partition coefficient (Wildman–Crippen LogP) is 2.05. The van der Waals surface area contributed by atoms with Crippen LogP contribution in [0.2, 0.25) is 0 Å². The van der Waals surface area contributed by atoms with Gasteiger partial charge in [-0.25, -0.2) is 36.5 Å².